The monoisotopic (exact) mass is 380 g/mol. The van der Waals surface area contributed by atoms with E-state index in [2.05, 4.69) is 33.1 Å². The summed E-state index contributed by atoms with van der Waals surface area (Å²) in [6.45, 7) is 1.79. The molecule has 0 unspecified atom stereocenters. The van der Waals surface area contributed by atoms with E-state index in [4.69, 9.17) is 4.84 Å². The van der Waals surface area contributed by atoms with E-state index < -0.39 is 6.09 Å². The molecular formula is C15H13IN2O2. The van der Waals surface area contributed by atoms with Gasteiger partial charge in [0.1, 0.15) is 0 Å². The normalized spacial score (nSPS) is 11.0. The maximum absolute atomic E-state index is 11.6. The van der Waals surface area contributed by atoms with Crippen molar-refractivity contribution >= 4 is 40.1 Å². The molecule has 1 amide bonds. The van der Waals surface area contributed by atoms with Gasteiger partial charge in [-0.2, -0.15) is 0 Å². The minimum atomic E-state index is -0.610. The Labute approximate surface area is 131 Å². The number of hydrogen-bond acceptors (Lipinski definition) is 3. The second kappa shape index (κ2) is 7.04. The average Bonchev–Trinajstić information content (AvgIpc) is 2.48. The lowest BCUT2D eigenvalue weighted by Gasteiger charge is -2.04. The van der Waals surface area contributed by atoms with Crippen LogP contribution in [0.2, 0.25) is 0 Å². The predicted octanol–water partition coefficient (Wildman–Crippen LogP) is 4.26. The van der Waals surface area contributed by atoms with Crippen LogP contribution in [0, 0.1) is 3.57 Å². The lowest BCUT2D eigenvalue weighted by Crippen LogP contribution is -2.11. The van der Waals surface area contributed by atoms with Gasteiger partial charge in [-0.3, -0.25) is 10.2 Å². The van der Waals surface area contributed by atoms with Gasteiger partial charge in [0.05, 0.1) is 5.71 Å². The van der Waals surface area contributed by atoms with Crippen LogP contribution in [0.15, 0.2) is 59.8 Å². The van der Waals surface area contributed by atoms with Crippen molar-refractivity contribution in [3.63, 3.8) is 0 Å². The maximum Gasteiger partial charge on any atom is 0.437 e. The molecule has 0 fully saturated rings. The minimum Gasteiger partial charge on any atom is -0.298 e. The summed E-state index contributed by atoms with van der Waals surface area (Å²) in [4.78, 5) is 16.4. The molecule has 0 aliphatic carbocycles. The van der Waals surface area contributed by atoms with Gasteiger partial charge in [-0.25, -0.2) is 4.79 Å². The van der Waals surface area contributed by atoms with Crippen LogP contribution < -0.4 is 5.32 Å². The first kappa shape index (κ1) is 14.5. The second-order valence-corrected chi connectivity index (χ2v) is 5.30. The Balaban J connectivity index is 1.93. The third-order valence-corrected chi connectivity index (χ3v) is 3.27. The van der Waals surface area contributed by atoms with Gasteiger partial charge < -0.3 is 0 Å². The molecule has 0 saturated heterocycles. The molecule has 2 aromatic carbocycles. The fourth-order valence-electron chi connectivity index (χ4n) is 1.52. The van der Waals surface area contributed by atoms with E-state index in [1.807, 2.05) is 42.5 Å². The summed E-state index contributed by atoms with van der Waals surface area (Å²) in [5.74, 6) is 0. The number of hydrogen-bond donors (Lipinski definition) is 1. The van der Waals surface area contributed by atoms with Crippen molar-refractivity contribution in [1.29, 1.82) is 0 Å². The van der Waals surface area contributed by atoms with Crippen molar-refractivity contribution in [2.24, 2.45) is 5.16 Å². The number of anilines is 1. The Morgan fingerprint density at radius 2 is 1.75 bits per heavy atom. The zero-order valence-electron chi connectivity index (χ0n) is 10.8. The van der Waals surface area contributed by atoms with E-state index in [0.717, 1.165) is 9.13 Å². The zero-order valence-corrected chi connectivity index (χ0v) is 13.0. The Kier molecular flexibility index (Phi) is 5.11. The summed E-state index contributed by atoms with van der Waals surface area (Å²) in [7, 11) is 0. The number of amides is 1. The molecule has 0 aromatic heterocycles. The van der Waals surface area contributed by atoms with E-state index >= 15 is 0 Å². The molecule has 4 nitrogen and oxygen atoms in total. The van der Waals surface area contributed by atoms with E-state index in [1.165, 1.54) is 0 Å². The van der Waals surface area contributed by atoms with Gasteiger partial charge in [0.2, 0.25) is 0 Å². The summed E-state index contributed by atoms with van der Waals surface area (Å²) in [6.07, 6.45) is -0.610. The van der Waals surface area contributed by atoms with E-state index in [0.29, 0.717) is 11.4 Å². The molecule has 0 radical (unpaired) electrons. The highest BCUT2D eigenvalue weighted by molar-refractivity contribution is 14.1. The van der Waals surface area contributed by atoms with Crippen LogP contribution in [0.3, 0.4) is 0 Å². The zero-order chi connectivity index (χ0) is 14.4. The molecule has 0 bridgehead atoms. The van der Waals surface area contributed by atoms with Crippen molar-refractivity contribution in [2.75, 3.05) is 5.32 Å². The van der Waals surface area contributed by atoms with Crippen LogP contribution in [-0.2, 0) is 4.84 Å². The van der Waals surface area contributed by atoms with Crippen molar-refractivity contribution < 1.29 is 9.63 Å². The number of rotatable bonds is 3. The quantitative estimate of drug-likeness (QED) is 0.374. The maximum atomic E-state index is 11.6. The molecule has 0 heterocycles. The molecule has 0 aliphatic rings. The van der Waals surface area contributed by atoms with Crippen LogP contribution >= 0.6 is 22.6 Å². The molecule has 1 N–H and O–H groups in total. The smallest absolute Gasteiger partial charge is 0.298 e. The lowest BCUT2D eigenvalue weighted by molar-refractivity contribution is 0.166. The SMILES string of the molecule is C/C(=N/OC(=O)Nc1ccc(I)cc1)c1ccccc1. The third kappa shape index (κ3) is 4.34. The molecule has 0 saturated carbocycles. The first-order valence-electron chi connectivity index (χ1n) is 5.99. The predicted molar refractivity (Wildman–Crippen MR) is 87.9 cm³/mol. The third-order valence-electron chi connectivity index (χ3n) is 2.55. The van der Waals surface area contributed by atoms with Gasteiger partial charge in [-0.05, 0) is 59.3 Å². The molecule has 2 aromatic rings. The van der Waals surface area contributed by atoms with E-state index in [9.17, 15) is 4.79 Å². The molecule has 0 atom stereocenters. The highest BCUT2D eigenvalue weighted by Crippen LogP contribution is 2.11. The Morgan fingerprint density at radius 3 is 2.40 bits per heavy atom. The van der Waals surface area contributed by atoms with Crippen molar-refractivity contribution in [2.45, 2.75) is 6.92 Å². The minimum absolute atomic E-state index is 0.610. The van der Waals surface area contributed by atoms with Crippen LogP contribution in [0.4, 0.5) is 10.5 Å². The first-order chi connectivity index (χ1) is 9.65. The molecule has 102 valence electrons. The van der Waals surface area contributed by atoms with Gasteiger partial charge in [-0.15, -0.1) is 0 Å². The number of carbonyl (C=O) groups excluding carboxylic acids is 1. The number of oxime groups is 1. The standard InChI is InChI=1S/C15H13IN2O2/c1-11(12-5-3-2-4-6-12)18-20-15(19)17-14-9-7-13(16)8-10-14/h2-10H,1H3,(H,17,19)/b18-11-. The summed E-state index contributed by atoms with van der Waals surface area (Å²) >= 11 is 2.20. The lowest BCUT2D eigenvalue weighted by atomic mass is 10.1. The first-order valence-corrected chi connectivity index (χ1v) is 7.06. The number of halogens is 1. The van der Waals surface area contributed by atoms with E-state index in [1.54, 1.807) is 19.1 Å². The Hall–Kier alpha value is -1.89. The molecule has 5 heteroatoms. The molecule has 2 rings (SSSR count). The fourth-order valence-corrected chi connectivity index (χ4v) is 1.88. The van der Waals surface area contributed by atoms with Crippen LogP contribution in [-0.4, -0.2) is 11.8 Å². The van der Waals surface area contributed by atoms with Crippen molar-refractivity contribution in [3.8, 4) is 0 Å². The molecular weight excluding hydrogens is 367 g/mol. The number of nitrogens with one attached hydrogen (secondary N) is 1. The second-order valence-electron chi connectivity index (χ2n) is 4.05. The number of nitrogens with zero attached hydrogens (tertiary/aromatic N) is 1. The highest BCUT2D eigenvalue weighted by Gasteiger charge is 2.03. The van der Waals surface area contributed by atoms with Gasteiger partial charge in [-0.1, -0.05) is 35.5 Å². The average molecular weight is 380 g/mol. The van der Waals surface area contributed by atoms with Gasteiger partial charge >= 0.3 is 6.09 Å². The van der Waals surface area contributed by atoms with Crippen LogP contribution in [0.1, 0.15) is 12.5 Å². The van der Waals surface area contributed by atoms with Gasteiger partial charge in [0.25, 0.3) is 0 Å². The molecule has 0 aliphatic heterocycles. The summed E-state index contributed by atoms with van der Waals surface area (Å²) in [6, 6.07) is 16.9. The summed E-state index contributed by atoms with van der Waals surface area (Å²) < 4.78 is 1.10. The largest absolute Gasteiger partial charge is 0.437 e. The van der Waals surface area contributed by atoms with Crippen molar-refractivity contribution in [1.82, 2.24) is 0 Å². The number of benzene rings is 2. The summed E-state index contributed by atoms with van der Waals surface area (Å²) in [5, 5.41) is 6.42. The Bertz CT molecular complexity index is 610. The Morgan fingerprint density at radius 1 is 1.10 bits per heavy atom. The summed E-state index contributed by atoms with van der Waals surface area (Å²) in [5.41, 5.74) is 2.22. The van der Waals surface area contributed by atoms with Crippen molar-refractivity contribution in [3.05, 3.63) is 63.7 Å². The van der Waals surface area contributed by atoms with Crippen LogP contribution in [0.25, 0.3) is 0 Å². The van der Waals surface area contributed by atoms with E-state index in [-0.39, 0.29) is 0 Å². The molecule has 0 spiro atoms. The van der Waals surface area contributed by atoms with Gasteiger partial charge in [0.15, 0.2) is 0 Å². The topological polar surface area (TPSA) is 50.7 Å². The molecule has 20 heavy (non-hydrogen) atoms. The highest BCUT2D eigenvalue weighted by atomic mass is 127. The fraction of sp³-hybridized carbons (Fsp3) is 0.0667. The van der Waals surface area contributed by atoms with Gasteiger partial charge in [0, 0.05) is 9.26 Å². The number of carbonyl (C=O) groups is 1. The van der Waals surface area contributed by atoms with Crippen LogP contribution in [0.5, 0.6) is 0 Å².